The number of rotatable bonds is 7. The smallest absolute Gasteiger partial charge is 0.274 e. The second-order valence-electron chi connectivity index (χ2n) is 8.04. The number of amides is 1. The molecular formula is C25H29N5O. The highest BCUT2D eigenvalue weighted by atomic mass is 16.2. The van der Waals surface area contributed by atoms with E-state index in [4.69, 9.17) is 0 Å². The first kappa shape index (κ1) is 21.0. The van der Waals surface area contributed by atoms with Gasteiger partial charge in [-0.05, 0) is 67.3 Å². The van der Waals surface area contributed by atoms with Gasteiger partial charge in [0.25, 0.3) is 5.91 Å². The van der Waals surface area contributed by atoms with E-state index in [2.05, 4.69) is 27.2 Å². The van der Waals surface area contributed by atoms with Crippen molar-refractivity contribution in [3.63, 3.8) is 0 Å². The lowest BCUT2D eigenvalue weighted by Gasteiger charge is -2.39. The van der Waals surface area contributed by atoms with Crippen LogP contribution in [-0.4, -0.2) is 40.5 Å². The number of pyridine rings is 2. The van der Waals surface area contributed by atoms with Crippen molar-refractivity contribution in [1.82, 2.24) is 15.0 Å². The number of carbonyl (C=O) groups is 1. The van der Waals surface area contributed by atoms with Crippen LogP contribution in [0.5, 0.6) is 0 Å². The summed E-state index contributed by atoms with van der Waals surface area (Å²) in [6, 6.07) is 17.7. The third-order valence-corrected chi connectivity index (χ3v) is 5.69. The van der Waals surface area contributed by atoms with E-state index in [-0.39, 0.29) is 5.91 Å². The quantitative estimate of drug-likeness (QED) is 0.619. The maximum Gasteiger partial charge on any atom is 0.274 e. The zero-order valence-electron chi connectivity index (χ0n) is 17.9. The van der Waals surface area contributed by atoms with Crippen molar-refractivity contribution in [2.75, 3.05) is 30.0 Å². The first-order valence-electron chi connectivity index (χ1n) is 10.9. The highest BCUT2D eigenvalue weighted by Crippen LogP contribution is 2.26. The summed E-state index contributed by atoms with van der Waals surface area (Å²) in [6.07, 6.45) is 8.18. The number of piperidine rings is 1. The van der Waals surface area contributed by atoms with Gasteiger partial charge in [-0.25, -0.2) is 10.0 Å². The van der Waals surface area contributed by atoms with Crippen LogP contribution in [0.3, 0.4) is 0 Å². The number of hydrogen-bond donors (Lipinski definition) is 1. The molecule has 0 radical (unpaired) electrons. The van der Waals surface area contributed by atoms with Gasteiger partial charge in [0, 0.05) is 56.0 Å². The number of hydrazine groups is 1. The summed E-state index contributed by atoms with van der Waals surface area (Å²) in [6.45, 7) is 4.82. The number of anilines is 2. The maximum atomic E-state index is 13.4. The monoisotopic (exact) mass is 415 g/mol. The number of carbonyl (C=O) groups excluding carboxylic acids is 1. The molecule has 4 rings (SSSR count). The van der Waals surface area contributed by atoms with Crippen molar-refractivity contribution in [3.8, 4) is 0 Å². The predicted octanol–water partition coefficient (Wildman–Crippen LogP) is 4.42. The summed E-state index contributed by atoms with van der Waals surface area (Å²) in [5.74, 6) is 0.649. The van der Waals surface area contributed by atoms with E-state index in [0.717, 1.165) is 56.0 Å². The van der Waals surface area contributed by atoms with Crippen LogP contribution in [-0.2, 0) is 6.42 Å². The van der Waals surface area contributed by atoms with E-state index in [1.54, 1.807) is 18.5 Å². The van der Waals surface area contributed by atoms with Gasteiger partial charge >= 0.3 is 0 Å². The number of aromatic nitrogens is 2. The first-order chi connectivity index (χ1) is 15.2. The Labute approximate surface area is 183 Å². The molecule has 31 heavy (non-hydrogen) atoms. The number of nitrogens with zero attached hydrogens (tertiary/aromatic N) is 4. The number of hydrogen-bond acceptors (Lipinski definition) is 5. The van der Waals surface area contributed by atoms with Gasteiger partial charge in [-0.15, -0.1) is 0 Å². The second-order valence-corrected chi connectivity index (χ2v) is 8.04. The van der Waals surface area contributed by atoms with Gasteiger partial charge in [0.2, 0.25) is 0 Å². The topological polar surface area (TPSA) is 61.4 Å². The predicted molar refractivity (Wildman–Crippen MR) is 124 cm³/mol. The van der Waals surface area contributed by atoms with Crippen molar-refractivity contribution in [1.29, 1.82) is 0 Å². The lowest BCUT2D eigenvalue weighted by Crippen LogP contribution is -2.50. The van der Waals surface area contributed by atoms with Crippen molar-refractivity contribution in [2.24, 2.45) is 5.92 Å². The molecule has 160 valence electrons. The second kappa shape index (κ2) is 10.2. The molecule has 1 N–H and O–H groups in total. The summed E-state index contributed by atoms with van der Waals surface area (Å²) >= 11 is 0. The molecule has 0 aliphatic carbocycles. The molecule has 1 amide bonds. The van der Waals surface area contributed by atoms with Gasteiger partial charge in [-0.2, -0.15) is 0 Å². The van der Waals surface area contributed by atoms with E-state index >= 15 is 0 Å². The van der Waals surface area contributed by atoms with Crippen LogP contribution < -0.4 is 10.3 Å². The van der Waals surface area contributed by atoms with Gasteiger partial charge in [-0.1, -0.05) is 13.0 Å². The van der Waals surface area contributed by atoms with E-state index in [1.807, 2.05) is 59.7 Å². The molecule has 0 bridgehead atoms. The standard InChI is InChI=1S/C25H29N5O/c1-20-12-17-29(18-13-20)30(25(31)21-5-4-14-26-19-21)24-9-7-23(8-10-24)28-16-11-22-6-2-3-15-27-22/h2-10,14-15,19-20,28H,11-13,16-18H2,1H3. The first-order valence-corrected chi connectivity index (χ1v) is 10.9. The Morgan fingerprint density at radius 1 is 1.06 bits per heavy atom. The fraction of sp³-hybridized carbons (Fsp3) is 0.320. The molecule has 0 unspecified atom stereocenters. The van der Waals surface area contributed by atoms with E-state index in [0.29, 0.717) is 11.5 Å². The van der Waals surface area contributed by atoms with E-state index in [9.17, 15) is 4.79 Å². The van der Waals surface area contributed by atoms with E-state index in [1.165, 1.54) is 0 Å². The Balaban J connectivity index is 1.47. The number of nitrogens with one attached hydrogen (secondary N) is 1. The van der Waals surface area contributed by atoms with Crippen LogP contribution in [0.4, 0.5) is 11.4 Å². The van der Waals surface area contributed by atoms with Crippen molar-refractivity contribution >= 4 is 17.3 Å². The molecule has 0 saturated carbocycles. The Morgan fingerprint density at radius 3 is 2.55 bits per heavy atom. The minimum absolute atomic E-state index is 0.0430. The van der Waals surface area contributed by atoms with Gasteiger partial charge < -0.3 is 5.32 Å². The Kier molecular flexibility index (Phi) is 6.89. The lowest BCUT2D eigenvalue weighted by atomic mass is 10.0. The fourth-order valence-corrected chi connectivity index (χ4v) is 3.82. The minimum Gasteiger partial charge on any atom is -0.385 e. The molecular weight excluding hydrogens is 386 g/mol. The van der Waals surface area contributed by atoms with Crippen molar-refractivity contribution < 1.29 is 4.79 Å². The lowest BCUT2D eigenvalue weighted by molar-refractivity contribution is 0.0851. The zero-order valence-corrected chi connectivity index (χ0v) is 17.9. The van der Waals surface area contributed by atoms with Gasteiger partial charge in [0.1, 0.15) is 0 Å². The molecule has 6 nitrogen and oxygen atoms in total. The van der Waals surface area contributed by atoms with Crippen molar-refractivity contribution in [2.45, 2.75) is 26.2 Å². The van der Waals surface area contributed by atoms with Crippen LogP contribution in [0.2, 0.25) is 0 Å². The largest absolute Gasteiger partial charge is 0.385 e. The Morgan fingerprint density at radius 2 is 1.87 bits per heavy atom. The van der Waals surface area contributed by atoms with Crippen molar-refractivity contribution in [3.05, 3.63) is 84.4 Å². The number of benzene rings is 1. The molecule has 6 heteroatoms. The van der Waals surface area contributed by atoms with Crippen LogP contribution in [0.25, 0.3) is 0 Å². The van der Waals surface area contributed by atoms with Gasteiger partial charge in [-0.3, -0.25) is 14.8 Å². The third kappa shape index (κ3) is 5.47. The SMILES string of the molecule is CC1CCN(N(C(=O)c2cccnc2)c2ccc(NCCc3ccccn3)cc2)CC1. The average molecular weight is 416 g/mol. The molecule has 0 atom stereocenters. The van der Waals surface area contributed by atoms with Crippen LogP contribution >= 0.6 is 0 Å². The molecule has 1 aliphatic heterocycles. The molecule has 0 spiro atoms. The Bertz CT molecular complexity index is 954. The fourth-order valence-electron chi connectivity index (χ4n) is 3.82. The van der Waals surface area contributed by atoms with Crippen LogP contribution in [0, 0.1) is 5.92 Å². The molecule has 1 aliphatic rings. The zero-order chi connectivity index (χ0) is 21.5. The Hall–Kier alpha value is -3.25. The summed E-state index contributed by atoms with van der Waals surface area (Å²) in [5, 5.41) is 7.42. The van der Waals surface area contributed by atoms with Gasteiger partial charge in [0.05, 0.1) is 11.3 Å². The summed E-state index contributed by atoms with van der Waals surface area (Å²) < 4.78 is 0. The molecule has 3 aromatic rings. The van der Waals surface area contributed by atoms with Crippen LogP contribution in [0.1, 0.15) is 35.8 Å². The third-order valence-electron chi connectivity index (χ3n) is 5.69. The summed E-state index contributed by atoms with van der Waals surface area (Å²) in [5.41, 5.74) is 3.57. The van der Waals surface area contributed by atoms with E-state index < -0.39 is 0 Å². The molecule has 2 aromatic heterocycles. The highest BCUT2D eigenvalue weighted by molar-refractivity contribution is 6.05. The molecule has 1 saturated heterocycles. The summed E-state index contributed by atoms with van der Waals surface area (Å²) in [4.78, 5) is 21.9. The molecule has 3 heterocycles. The average Bonchev–Trinajstić information content (AvgIpc) is 2.83. The van der Waals surface area contributed by atoms with Gasteiger partial charge in [0.15, 0.2) is 0 Å². The molecule has 1 aromatic carbocycles. The van der Waals surface area contributed by atoms with Crippen LogP contribution in [0.15, 0.2) is 73.2 Å². The highest BCUT2D eigenvalue weighted by Gasteiger charge is 2.27. The minimum atomic E-state index is -0.0430. The normalized spacial score (nSPS) is 14.9. The summed E-state index contributed by atoms with van der Waals surface area (Å²) in [7, 11) is 0. The molecule has 1 fully saturated rings. The maximum absolute atomic E-state index is 13.4.